The molecule has 1 atom stereocenters. The monoisotopic (exact) mass is 283 g/mol. The Hall–Kier alpha value is -1.67. The molecule has 0 spiro atoms. The lowest BCUT2D eigenvalue weighted by atomic mass is 9.79. The molecule has 110 valence electrons. The van der Waals surface area contributed by atoms with Crippen LogP contribution in [0.3, 0.4) is 0 Å². The van der Waals surface area contributed by atoms with E-state index in [0.717, 1.165) is 11.5 Å². The summed E-state index contributed by atoms with van der Waals surface area (Å²) in [5.74, 6) is 0.592. The van der Waals surface area contributed by atoms with E-state index in [-0.39, 0.29) is 11.9 Å². The number of benzene rings is 2. The van der Waals surface area contributed by atoms with Crippen LogP contribution in [-0.2, 0) is 0 Å². The molecule has 1 fully saturated rings. The maximum Gasteiger partial charge on any atom is 0.126 e. The van der Waals surface area contributed by atoms with E-state index >= 15 is 0 Å². The van der Waals surface area contributed by atoms with Crippen LogP contribution >= 0.6 is 0 Å². The molecular formula is C19H22FN. The molecule has 1 unspecified atom stereocenters. The highest BCUT2D eigenvalue weighted by molar-refractivity contribution is 5.37. The highest BCUT2D eigenvalue weighted by Gasteiger charge is 2.21. The van der Waals surface area contributed by atoms with Crippen molar-refractivity contribution in [2.24, 2.45) is 0 Å². The number of hydrogen-bond donors (Lipinski definition) is 1. The predicted molar refractivity (Wildman–Crippen MR) is 85.1 cm³/mol. The largest absolute Gasteiger partial charge is 0.309 e. The van der Waals surface area contributed by atoms with E-state index in [1.807, 2.05) is 26.1 Å². The molecule has 0 amide bonds. The average molecular weight is 283 g/mol. The Morgan fingerprint density at radius 2 is 1.86 bits per heavy atom. The standard InChI is InChI=1S/C19H22FN/c1-13-11-17(9-10-18(13)20)19(21-2)16-8-4-7-15(12-16)14-5-3-6-14/h4,7-12,14,19,21H,3,5-6H2,1-2H3. The van der Waals surface area contributed by atoms with Crippen molar-refractivity contribution >= 4 is 0 Å². The van der Waals surface area contributed by atoms with Crippen molar-refractivity contribution < 1.29 is 4.39 Å². The lowest BCUT2D eigenvalue weighted by Gasteiger charge is -2.27. The molecule has 3 rings (SSSR count). The van der Waals surface area contributed by atoms with Gasteiger partial charge in [0.1, 0.15) is 5.82 Å². The van der Waals surface area contributed by atoms with Gasteiger partial charge in [-0.25, -0.2) is 4.39 Å². The molecule has 2 heteroatoms. The first-order valence-corrected chi connectivity index (χ1v) is 7.72. The third-order valence-corrected chi connectivity index (χ3v) is 4.62. The first-order valence-electron chi connectivity index (χ1n) is 7.72. The Morgan fingerprint density at radius 3 is 2.48 bits per heavy atom. The second-order valence-corrected chi connectivity index (χ2v) is 6.03. The van der Waals surface area contributed by atoms with Crippen molar-refractivity contribution in [3.63, 3.8) is 0 Å². The molecule has 21 heavy (non-hydrogen) atoms. The molecule has 1 nitrogen and oxygen atoms in total. The lowest BCUT2D eigenvalue weighted by Crippen LogP contribution is -2.18. The number of halogens is 1. The average Bonchev–Trinajstić information content (AvgIpc) is 2.42. The molecule has 0 heterocycles. The quantitative estimate of drug-likeness (QED) is 0.857. The van der Waals surface area contributed by atoms with Gasteiger partial charge in [0.15, 0.2) is 0 Å². The van der Waals surface area contributed by atoms with Crippen LogP contribution in [0.15, 0.2) is 42.5 Å². The zero-order valence-electron chi connectivity index (χ0n) is 12.7. The molecule has 0 saturated heterocycles. The van der Waals surface area contributed by atoms with Crippen LogP contribution in [0.25, 0.3) is 0 Å². The van der Waals surface area contributed by atoms with Crippen LogP contribution in [-0.4, -0.2) is 7.05 Å². The maximum atomic E-state index is 13.5. The molecule has 1 aliphatic rings. The molecule has 2 aromatic carbocycles. The van der Waals surface area contributed by atoms with Crippen LogP contribution in [0, 0.1) is 12.7 Å². The Kier molecular flexibility index (Phi) is 4.07. The summed E-state index contributed by atoms with van der Waals surface area (Å²) in [6, 6.07) is 14.3. The third kappa shape index (κ3) is 2.86. The van der Waals surface area contributed by atoms with Crippen molar-refractivity contribution in [2.45, 2.75) is 38.1 Å². The molecule has 2 aromatic rings. The van der Waals surface area contributed by atoms with Gasteiger partial charge in [0, 0.05) is 0 Å². The van der Waals surface area contributed by atoms with Gasteiger partial charge in [0.2, 0.25) is 0 Å². The van der Waals surface area contributed by atoms with Crippen molar-refractivity contribution in [1.82, 2.24) is 5.32 Å². The van der Waals surface area contributed by atoms with Gasteiger partial charge in [-0.3, -0.25) is 0 Å². The molecular weight excluding hydrogens is 261 g/mol. The normalized spacial score (nSPS) is 16.5. The SMILES string of the molecule is CNC(c1cccc(C2CCC2)c1)c1ccc(F)c(C)c1. The second kappa shape index (κ2) is 5.98. The predicted octanol–water partition coefficient (Wildman–Crippen LogP) is 4.71. The maximum absolute atomic E-state index is 13.5. The smallest absolute Gasteiger partial charge is 0.126 e. The Balaban J connectivity index is 1.93. The van der Waals surface area contributed by atoms with Crippen molar-refractivity contribution in [3.05, 3.63) is 70.5 Å². The fourth-order valence-electron chi connectivity index (χ4n) is 3.11. The van der Waals surface area contributed by atoms with E-state index in [1.54, 1.807) is 6.07 Å². The van der Waals surface area contributed by atoms with Gasteiger partial charge in [-0.05, 0) is 61.1 Å². The Labute approximate surface area is 126 Å². The van der Waals surface area contributed by atoms with Crippen molar-refractivity contribution in [1.29, 1.82) is 0 Å². The Bertz CT molecular complexity index is 631. The zero-order chi connectivity index (χ0) is 14.8. The minimum atomic E-state index is -0.142. The minimum absolute atomic E-state index is 0.115. The molecule has 0 bridgehead atoms. The minimum Gasteiger partial charge on any atom is -0.309 e. The molecule has 1 saturated carbocycles. The fourth-order valence-corrected chi connectivity index (χ4v) is 3.11. The summed E-state index contributed by atoms with van der Waals surface area (Å²) in [6.45, 7) is 1.82. The molecule has 1 N–H and O–H groups in total. The lowest BCUT2D eigenvalue weighted by molar-refractivity contribution is 0.419. The van der Waals surface area contributed by atoms with Crippen LogP contribution in [0.4, 0.5) is 4.39 Å². The van der Waals surface area contributed by atoms with Crippen LogP contribution < -0.4 is 5.32 Å². The Morgan fingerprint density at radius 1 is 1.10 bits per heavy atom. The van der Waals surface area contributed by atoms with E-state index in [1.165, 1.54) is 30.4 Å². The van der Waals surface area contributed by atoms with Gasteiger partial charge in [0.05, 0.1) is 6.04 Å². The number of nitrogens with one attached hydrogen (secondary N) is 1. The number of hydrogen-bond acceptors (Lipinski definition) is 1. The van der Waals surface area contributed by atoms with Gasteiger partial charge in [-0.1, -0.05) is 42.8 Å². The van der Waals surface area contributed by atoms with E-state index in [2.05, 4.69) is 29.6 Å². The summed E-state index contributed by atoms with van der Waals surface area (Å²) in [4.78, 5) is 0. The summed E-state index contributed by atoms with van der Waals surface area (Å²) >= 11 is 0. The number of aryl methyl sites for hydroxylation is 1. The second-order valence-electron chi connectivity index (χ2n) is 6.03. The molecule has 0 radical (unpaired) electrons. The summed E-state index contributed by atoms with van der Waals surface area (Å²) < 4.78 is 13.5. The van der Waals surface area contributed by atoms with E-state index in [9.17, 15) is 4.39 Å². The fraction of sp³-hybridized carbons (Fsp3) is 0.368. The van der Waals surface area contributed by atoms with Crippen molar-refractivity contribution in [3.8, 4) is 0 Å². The topological polar surface area (TPSA) is 12.0 Å². The summed E-state index contributed by atoms with van der Waals surface area (Å²) in [6.07, 6.45) is 3.97. The molecule has 0 aromatic heterocycles. The van der Waals surface area contributed by atoms with E-state index < -0.39 is 0 Å². The van der Waals surface area contributed by atoms with Crippen molar-refractivity contribution in [2.75, 3.05) is 7.05 Å². The van der Waals surface area contributed by atoms with Crippen LogP contribution in [0.2, 0.25) is 0 Å². The summed E-state index contributed by atoms with van der Waals surface area (Å²) in [5.41, 5.74) is 4.51. The first-order chi connectivity index (χ1) is 10.2. The highest BCUT2D eigenvalue weighted by Crippen LogP contribution is 2.37. The van der Waals surface area contributed by atoms with E-state index in [4.69, 9.17) is 0 Å². The third-order valence-electron chi connectivity index (χ3n) is 4.62. The molecule has 1 aliphatic carbocycles. The summed E-state index contributed by atoms with van der Waals surface area (Å²) in [5, 5.41) is 3.36. The summed E-state index contributed by atoms with van der Waals surface area (Å²) in [7, 11) is 1.96. The number of rotatable bonds is 4. The van der Waals surface area contributed by atoms with Crippen LogP contribution in [0.1, 0.15) is 53.5 Å². The van der Waals surface area contributed by atoms with Gasteiger partial charge in [0.25, 0.3) is 0 Å². The zero-order valence-corrected chi connectivity index (χ0v) is 12.7. The van der Waals surface area contributed by atoms with E-state index in [0.29, 0.717) is 5.56 Å². The van der Waals surface area contributed by atoms with Gasteiger partial charge >= 0.3 is 0 Å². The highest BCUT2D eigenvalue weighted by atomic mass is 19.1. The van der Waals surface area contributed by atoms with Gasteiger partial charge in [-0.2, -0.15) is 0 Å². The molecule has 0 aliphatic heterocycles. The van der Waals surface area contributed by atoms with Gasteiger partial charge < -0.3 is 5.32 Å². The first kappa shape index (κ1) is 14.3. The van der Waals surface area contributed by atoms with Gasteiger partial charge in [-0.15, -0.1) is 0 Å². The van der Waals surface area contributed by atoms with Crippen LogP contribution in [0.5, 0.6) is 0 Å².